The van der Waals surface area contributed by atoms with Gasteiger partial charge in [0.25, 0.3) is 0 Å². The Bertz CT molecular complexity index is 408. The zero-order chi connectivity index (χ0) is 11.9. The normalized spacial score (nSPS) is 31.3. The van der Waals surface area contributed by atoms with Crippen molar-refractivity contribution in [3.63, 3.8) is 0 Å². The molecule has 3 unspecified atom stereocenters. The first-order valence-electron chi connectivity index (χ1n) is 6.48. The molecule has 0 saturated heterocycles. The Morgan fingerprint density at radius 2 is 2.29 bits per heavy atom. The fraction of sp³-hybridized carbons (Fsp3) is 0.643. The molecule has 3 rings (SSSR count). The van der Waals surface area contributed by atoms with Gasteiger partial charge in [0.15, 0.2) is 0 Å². The zero-order valence-corrected chi connectivity index (χ0v) is 11.3. The van der Waals surface area contributed by atoms with E-state index < -0.39 is 0 Å². The van der Waals surface area contributed by atoms with Gasteiger partial charge in [0, 0.05) is 11.6 Å². The summed E-state index contributed by atoms with van der Waals surface area (Å²) in [5, 5.41) is 6.95. The van der Waals surface area contributed by atoms with Crippen molar-refractivity contribution in [2.75, 3.05) is 6.54 Å². The van der Waals surface area contributed by atoms with Crippen LogP contribution in [0.15, 0.2) is 23.7 Å². The minimum Gasteiger partial charge on any atom is -0.306 e. The lowest BCUT2D eigenvalue weighted by Crippen LogP contribution is -2.40. The van der Waals surface area contributed by atoms with Crippen LogP contribution in [-0.4, -0.2) is 11.5 Å². The third-order valence-electron chi connectivity index (χ3n) is 4.19. The SMILES string of the molecule is CC(C)(NCC1CC2C=CC1C2)c1nccs1. The number of rotatable bonds is 4. The van der Waals surface area contributed by atoms with Gasteiger partial charge in [-0.05, 0) is 51.0 Å². The van der Waals surface area contributed by atoms with Gasteiger partial charge in [0.05, 0.1) is 5.54 Å². The molecule has 1 heterocycles. The molecule has 0 aliphatic heterocycles. The lowest BCUT2D eigenvalue weighted by molar-refractivity contribution is 0.328. The van der Waals surface area contributed by atoms with E-state index in [0.717, 1.165) is 24.3 Å². The quantitative estimate of drug-likeness (QED) is 0.828. The second-order valence-electron chi connectivity index (χ2n) is 5.88. The number of nitrogens with zero attached hydrogens (tertiary/aromatic N) is 1. The van der Waals surface area contributed by atoms with Crippen LogP contribution in [0.1, 0.15) is 31.7 Å². The van der Waals surface area contributed by atoms with Crippen molar-refractivity contribution in [1.82, 2.24) is 10.3 Å². The average Bonchev–Trinajstić information content (AvgIpc) is 3.02. The van der Waals surface area contributed by atoms with Crippen molar-refractivity contribution in [3.8, 4) is 0 Å². The number of aromatic nitrogens is 1. The summed E-state index contributed by atoms with van der Waals surface area (Å²) in [6.45, 7) is 5.59. The Labute approximate surface area is 107 Å². The molecule has 0 aromatic carbocycles. The number of nitrogens with one attached hydrogen (secondary N) is 1. The topological polar surface area (TPSA) is 24.9 Å². The third kappa shape index (κ3) is 2.18. The summed E-state index contributed by atoms with van der Waals surface area (Å²) in [5.41, 5.74) is 0.0136. The molecule has 0 amide bonds. The second-order valence-corrected chi connectivity index (χ2v) is 6.78. The maximum Gasteiger partial charge on any atom is 0.112 e. The number of thiazole rings is 1. The maximum atomic E-state index is 4.42. The number of allylic oxidation sites excluding steroid dienone is 2. The Morgan fingerprint density at radius 3 is 2.88 bits per heavy atom. The number of fused-ring (bicyclic) bond motifs is 2. The summed E-state index contributed by atoms with van der Waals surface area (Å²) >= 11 is 1.74. The predicted molar refractivity (Wildman–Crippen MR) is 72.0 cm³/mol. The van der Waals surface area contributed by atoms with Crippen molar-refractivity contribution in [2.45, 2.75) is 32.2 Å². The summed E-state index contributed by atoms with van der Waals surface area (Å²) in [4.78, 5) is 4.42. The molecule has 3 heteroatoms. The highest BCUT2D eigenvalue weighted by Gasteiger charge is 2.36. The number of hydrogen-bond acceptors (Lipinski definition) is 3. The number of hydrogen-bond donors (Lipinski definition) is 1. The van der Waals surface area contributed by atoms with Crippen molar-refractivity contribution >= 4 is 11.3 Å². The van der Waals surface area contributed by atoms with Crippen LogP contribution in [0.2, 0.25) is 0 Å². The molecule has 1 fully saturated rings. The maximum absolute atomic E-state index is 4.42. The standard InChI is InChI=1S/C14H20N2S/c1-14(2,13-15-5-6-17-13)16-9-12-8-10-3-4-11(12)7-10/h3-6,10-12,16H,7-9H2,1-2H3. The highest BCUT2D eigenvalue weighted by Crippen LogP contribution is 2.43. The van der Waals surface area contributed by atoms with Crippen LogP contribution in [0, 0.1) is 17.8 Å². The molecule has 0 spiro atoms. The molecular formula is C14H20N2S. The van der Waals surface area contributed by atoms with Gasteiger partial charge in [-0.3, -0.25) is 0 Å². The molecular weight excluding hydrogens is 228 g/mol. The average molecular weight is 248 g/mol. The molecule has 0 radical (unpaired) electrons. The van der Waals surface area contributed by atoms with E-state index in [0.29, 0.717) is 0 Å². The molecule has 1 saturated carbocycles. The Kier molecular flexibility index (Phi) is 2.83. The molecule has 2 aliphatic carbocycles. The van der Waals surface area contributed by atoms with Crippen LogP contribution in [0.5, 0.6) is 0 Å². The summed E-state index contributed by atoms with van der Waals surface area (Å²) in [6.07, 6.45) is 9.50. The van der Waals surface area contributed by atoms with Crippen molar-refractivity contribution in [3.05, 3.63) is 28.7 Å². The molecule has 1 aromatic heterocycles. The first-order valence-corrected chi connectivity index (χ1v) is 7.36. The predicted octanol–water partition coefficient (Wildman–Crippen LogP) is 3.18. The second kappa shape index (κ2) is 4.21. The highest BCUT2D eigenvalue weighted by atomic mass is 32.1. The van der Waals surface area contributed by atoms with E-state index >= 15 is 0 Å². The van der Waals surface area contributed by atoms with Gasteiger partial charge in [-0.2, -0.15) is 0 Å². The summed E-state index contributed by atoms with van der Waals surface area (Å²) in [5.74, 6) is 2.54. The van der Waals surface area contributed by atoms with Crippen LogP contribution in [0.3, 0.4) is 0 Å². The van der Waals surface area contributed by atoms with Crippen LogP contribution in [0.4, 0.5) is 0 Å². The highest BCUT2D eigenvalue weighted by molar-refractivity contribution is 7.09. The molecule has 92 valence electrons. The lowest BCUT2D eigenvalue weighted by atomic mass is 9.92. The smallest absolute Gasteiger partial charge is 0.112 e. The van der Waals surface area contributed by atoms with E-state index in [4.69, 9.17) is 0 Å². The molecule has 1 N–H and O–H groups in total. The molecule has 2 aliphatic rings. The van der Waals surface area contributed by atoms with Gasteiger partial charge in [-0.1, -0.05) is 12.2 Å². The van der Waals surface area contributed by atoms with Crippen LogP contribution in [-0.2, 0) is 5.54 Å². The minimum absolute atomic E-state index is 0.0136. The Balaban J connectivity index is 1.59. The first kappa shape index (κ1) is 11.4. The van der Waals surface area contributed by atoms with E-state index in [-0.39, 0.29) is 5.54 Å². The Hall–Kier alpha value is -0.670. The molecule has 2 bridgehead atoms. The van der Waals surface area contributed by atoms with Gasteiger partial charge in [-0.25, -0.2) is 4.98 Å². The van der Waals surface area contributed by atoms with Crippen LogP contribution in [0.25, 0.3) is 0 Å². The van der Waals surface area contributed by atoms with Gasteiger partial charge in [0.1, 0.15) is 5.01 Å². The van der Waals surface area contributed by atoms with E-state index in [1.807, 2.05) is 6.20 Å². The largest absolute Gasteiger partial charge is 0.306 e. The van der Waals surface area contributed by atoms with E-state index in [2.05, 4.69) is 41.7 Å². The molecule has 1 aromatic rings. The van der Waals surface area contributed by atoms with Crippen molar-refractivity contribution in [2.24, 2.45) is 17.8 Å². The third-order valence-corrected chi connectivity index (χ3v) is 5.29. The van der Waals surface area contributed by atoms with Gasteiger partial charge >= 0.3 is 0 Å². The zero-order valence-electron chi connectivity index (χ0n) is 10.5. The van der Waals surface area contributed by atoms with Crippen molar-refractivity contribution < 1.29 is 0 Å². The summed E-state index contributed by atoms with van der Waals surface area (Å²) in [6, 6.07) is 0. The molecule has 17 heavy (non-hydrogen) atoms. The van der Waals surface area contributed by atoms with E-state index in [9.17, 15) is 0 Å². The molecule has 3 atom stereocenters. The lowest BCUT2D eigenvalue weighted by Gasteiger charge is -2.28. The first-order chi connectivity index (χ1) is 8.15. The fourth-order valence-corrected chi connectivity index (χ4v) is 3.86. The van der Waals surface area contributed by atoms with Gasteiger partial charge in [0.2, 0.25) is 0 Å². The Morgan fingerprint density at radius 1 is 1.41 bits per heavy atom. The van der Waals surface area contributed by atoms with Gasteiger partial charge < -0.3 is 5.32 Å². The molecule has 2 nitrogen and oxygen atoms in total. The monoisotopic (exact) mass is 248 g/mol. The van der Waals surface area contributed by atoms with Crippen molar-refractivity contribution in [1.29, 1.82) is 0 Å². The fourth-order valence-electron chi connectivity index (χ4n) is 3.12. The van der Waals surface area contributed by atoms with Crippen LogP contribution >= 0.6 is 11.3 Å². The van der Waals surface area contributed by atoms with Crippen LogP contribution < -0.4 is 5.32 Å². The minimum atomic E-state index is 0.0136. The summed E-state index contributed by atoms with van der Waals surface area (Å²) in [7, 11) is 0. The van der Waals surface area contributed by atoms with Gasteiger partial charge in [-0.15, -0.1) is 11.3 Å². The summed E-state index contributed by atoms with van der Waals surface area (Å²) < 4.78 is 0. The van der Waals surface area contributed by atoms with E-state index in [1.165, 1.54) is 17.8 Å². The van der Waals surface area contributed by atoms with E-state index in [1.54, 1.807) is 11.3 Å².